The van der Waals surface area contributed by atoms with E-state index >= 15 is 0 Å². The van der Waals surface area contributed by atoms with E-state index in [2.05, 4.69) is 45.1 Å². The predicted octanol–water partition coefficient (Wildman–Crippen LogP) is 2.75. The molecule has 3 aliphatic rings. The number of hydrogen-bond acceptors (Lipinski definition) is 8. The van der Waals surface area contributed by atoms with E-state index in [9.17, 15) is 4.79 Å². The fourth-order valence-electron chi connectivity index (χ4n) is 6.21. The van der Waals surface area contributed by atoms with Crippen molar-refractivity contribution in [1.29, 1.82) is 0 Å². The molecular weight excluding hydrogens is 468 g/mol. The number of nitrogens with one attached hydrogen (secondary N) is 1. The van der Waals surface area contributed by atoms with Gasteiger partial charge in [-0.3, -0.25) is 9.89 Å². The van der Waals surface area contributed by atoms with Gasteiger partial charge in [-0.15, -0.1) is 0 Å². The van der Waals surface area contributed by atoms with E-state index in [-0.39, 0.29) is 23.5 Å². The third-order valence-electron chi connectivity index (χ3n) is 8.72. The summed E-state index contributed by atoms with van der Waals surface area (Å²) in [4.78, 5) is 27.8. The third kappa shape index (κ3) is 4.12. The molecule has 196 valence electrons. The number of benzene rings is 1. The first kappa shape index (κ1) is 24.1. The summed E-state index contributed by atoms with van der Waals surface area (Å²) in [6.45, 7) is 7.67. The molecule has 37 heavy (non-hydrogen) atoms. The molecule has 2 fully saturated rings. The Morgan fingerprint density at radius 2 is 2.11 bits per heavy atom. The summed E-state index contributed by atoms with van der Waals surface area (Å²) in [5.41, 5.74) is 11.6. The van der Waals surface area contributed by atoms with Gasteiger partial charge < -0.3 is 25.2 Å². The lowest BCUT2D eigenvalue weighted by atomic mass is 9.73. The first-order valence-electron chi connectivity index (χ1n) is 13.3. The average molecular weight is 505 g/mol. The normalized spacial score (nSPS) is 23.0. The van der Waals surface area contributed by atoms with Gasteiger partial charge in [0.15, 0.2) is 17.0 Å². The van der Waals surface area contributed by atoms with Crippen LogP contribution in [0, 0.1) is 5.41 Å². The number of rotatable bonds is 4. The van der Waals surface area contributed by atoms with E-state index in [1.165, 1.54) is 11.1 Å². The molecule has 3 aromatic rings. The molecule has 10 nitrogen and oxygen atoms in total. The van der Waals surface area contributed by atoms with Crippen molar-refractivity contribution in [3.05, 3.63) is 35.5 Å². The molecule has 2 atom stereocenters. The molecule has 3 aliphatic heterocycles. The van der Waals surface area contributed by atoms with Gasteiger partial charge in [-0.25, -0.2) is 9.97 Å². The minimum absolute atomic E-state index is 0.0625. The van der Waals surface area contributed by atoms with Crippen LogP contribution >= 0.6 is 0 Å². The van der Waals surface area contributed by atoms with Crippen molar-refractivity contribution in [3.63, 3.8) is 0 Å². The summed E-state index contributed by atoms with van der Waals surface area (Å²) in [5.74, 6) is 1.73. The fraction of sp³-hybridized carbons (Fsp3) is 0.556. The number of piperidine rings is 1. The maximum absolute atomic E-state index is 11.8. The van der Waals surface area contributed by atoms with Crippen LogP contribution in [0.4, 0.5) is 17.3 Å². The molecule has 2 aromatic heterocycles. The van der Waals surface area contributed by atoms with Gasteiger partial charge in [0, 0.05) is 57.3 Å². The first-order valence-corrected chi connectivity index (χ1v) is 13.3. The Morgan fingerprint density at radius 3 is 2.84 bits per heavy atom. The topological polar surface area (TPSA) is 116 Å². The monoisotopic (exact) mass is 504 g/mol. The Balaban J connectivity index is 1.24. The molecule has 5 heterocycles. The molecule has 1 aromatic carbocycles. The molecule has 10 heteroatoms. The number of aromatic amines is 1. The Hall–Kier alpha value is -3.24. The molecule has 1 spiro atoms. The highest BCUT2D eigenvalue weighted by Crippen LogP contribution is 2.42. The minimum atomic E-state index is 0.0625. The molecule has 2 saturated heterocycles. The summed E-state index contributed by atoms with van der Waals surface area (Å²) < 4.78 is 5.87. The highest BCUT2D eigenvalue weighted by molar-refractivity contribution is 5.88. The number of H-pyrrole nitrogens is 1. The second-order valence-electron chi connectivity index (χ2n) is 10.9. The van der Waals surface area contributed by atoms with Crippen molar-refractivity contribution < 1.29 is 9.53 Å². The molecule has 0 bridgehead atoms. The van der Waals surface area contributed by atoms with Gasteiger partial charge in [0.1, 0.15) is 5.82 Å². The Kier molecular flexibility index (Phi) is 6.03. The van der Waals surface area contributed by atoms with Crippen LogP contribution in [0.2, 0.25) is 0 Å². The minimum Gasteiger partial charge on any atom is -0.376 e. The van der Waals surface area contributed by atoms with Gasteiger partial charge >= 0.3 is 0 Å². The number of carbonyl (C=O) groups excluding carboxylic acids is 1. The summed E-state index contributed by atoms with van der Waals surface area (Å²) >= 11 is 0. The van der Waals surface area contributed by atoms with Gasteiger partial charge in [0.2, 0.25) is 5.91 Å². The second kappa shape index (κ2) is 9.25. The number of nitrogens with two attached hydrogens (primary N) is 1. The predicted molar refractivity (Wildman–Crippen MR) is 143 cm³/mol. The number of hydrogen-bond donors (Lipinski definition) is 2. The van der Waals surface area contributed by atoms with E-state index in [1.807, 2.05) is 13.2 Å². The largest absolute Gasteiger partial charge is 0.376 e. The quantitative estimate of drug-likeness (QED) is 0.557. The highest BCUT2D eigenvalue weighted by Gasteiger charge is 2.47. The van der Waals surface area contributed by atoms with E-state index < -0.39 is 0 Å². The van der Waals surface area contributed by atoms with Gasteiger partial charge in [-0.1, -0.05) is 12.1 Å². The SMILES string of the molecule is CC(=O)N(C)Cc1cccc2c1CCCN2c1n[nH]c2nc(N3CCC4(CC3)CO[C@@H](C)[C@H]4N)cnc12. The number of nitrogens with zero attached hydrogens (tertiary/aromatic N) is 6. The first-order chi connectivity index (χ1) is 17.9. The molecule has 0 unspecified atom stereocenters. The number of carbonyl (C=O) groups is 1. The molecule has 3 N–H and O–H groups in total. The zero-order valence-corrected chi connectivity index (χ0v) is 21.9. The lowest BCUT2D eigenvalue weighted by molar-refractivity contribution is -0.128. The van der Waals surface area contributed by atoms with Crippen LogP contribution in [0.5, 0.6) is 0 Å². The van der Waals surface area contributed by atoms with Crippen molar-refractivity contribution in [2.24, 2.45) is 11.1 Å². The number of ether oxygens (including phenoxy) is 1. The van der Waals surface area contributed by atoms with Crippen molar-refractivity contribution in [1.82, 2.24) is 25.1 Å². The Labute approximate surface area is 217 Å². The zero-order chi connectivity index (χ0) is 25.7. The molecule has 6 rings (SSSR count). The third-order valence-corrected chi connectivity index (χ3v) is 8.72. The zero-order valence-electron chi connectivity index (χ0n) is 21.9. The van der Waals surface area contributed by atoms with Crippen molar-refractivity contribution in [2.75, 3.05) is 43.1 Å². The maximum atomic E-state index is 11.8. The van der Waals surface area contributed by atoms with Crippen molar-refractivity contribution in [2.45, 2.75) is 58.2 Å². The standard InChI is InChI=1S/C27H36N8O2/c1-17-24(28)27(16-37-17)9-12-34(13-10-27)22-14-29-23-25(30-22)31-32-26(23)35-11-5-7-20-19(6-4-8-21(20)35)15-33(3)18(2)36/h4,6,8,14,17,24H,5,7,9-13,15-16,28H2,1-3H3,(H,30,31,32)/t17-,24+/m0/s1. The van der Waals surface area contributed by atoms with Crippen LogP contribution < -0.4 is 15.5 Å². The summed E-state index contributed by atoms with van der Waals surface area (Å²) in [5, 5.41) is 7.79. The lowest BCUT2D eigenvalue weighted by Gasteiger charge is -2.41. The van der Waals surface area contributed by atoms with Gasteiger partial charge in [0.25, 0.3) is 0 Å². The molecular formula is C27H36N8O2. The molecule has 0 aliphatic carbocycles. The highest BCUT2D eigenvalue weighted by atomic mass is 16.5. The Bertz CT molecular complexity index is 1310. The fourth-order valence-corrected chi connectivity index (χ4v) is 6.21. The van der Waals surface area contributed by atoms with Crippen LogP contribution in [0.15, 0.2) is 24.4 Å². The van der Waals surface area contributed by atoms with E-state index in [0.29, 0.717) is 12.2 Å². The maximum Gasteiger partial charge on any atom is 0.219 e. The van der Waals surface area contributed by atoms with Gasteiger partial charge in [-0.2, -0.15) is 5.10 Å². The summed E-state index contributed by atoms with van der Waals surface area (Å²) in [6.07, 6.45) is 5.98. The van der Waals surface area contributed by atoms with Crippen LogP contribution in [0.3, 0.4) is 0 Å². The van der Waals surface area contributed by atoms with Crippen LogP contribution in [0.1, 0.15) is 44.2 Å². The smallest absolute Gasteiger partial charge is 0.219 e. The van der Waals surface area contributed by atoms with Crippen molar-refractivity contribution >= 4 is 34.4 Å². The van der Waals surface area contributed by atoms with Crippen molar-refractivity contribution in [3.8, 4) is 0 Å². The van der Waals surface area contributed by atoms with Crippen LogP contribution in [-0.4, -0.2) is 76.4 Å². The van der Waals surface area contributed by atoms with Crippen LogP contribution in [-0.2, 0) is 22.5 Å². The number of amides is 1. The summed E-state index contributed by atoms with van der Waals surface area (Å²) in [7, 11) is 1.84. The number of fused-ring (bicyclic) bond motifs is 2. The average Bonchev–Trinajstić information content (AvgIpc) is 3.45. The van der Waals surface area contributed by atoms with E-state index in [1.54, 1.807) is 11.8 Å². The van der Waals surface area contributed by atoms with E-state index in [0.717, 1.165) is 74.8 Å². The number of anilines is 3. The van der Waals surface area contributed by atoms with Crippen LogP contribution in [0.25, 0.3) is 11.2 Å². The molecule has 0 radical (unpaired) electrons. The summed E-state index contributed by atoms with van der Waals surface area (Å²) in [6, 6.07) is 6.40. The Morgan fingerprint density at radius 1 is 1.30 bits per heavy atom. The van der Waals surface area contributed by atoms with Gasteiger partial charge in [-0.05, 0) is 49.8 Å². The lowest BCUT2D eigenvalue weighted by Crippen LogP contribution is -2.50. The second-order valence-corrected chi connectivity index (χ2v) is 10.9. The molecule has 0 saturated carbocycles. The van der Waals surface area contributed by atoms with E-state index in [4.69, 9.17) is 20.4 Å². The number of aromatic nitrogens is 4. The van der Waals surface area contributed by atoms with Gasteiger partial charge in [0.05, 0.1) is 18.9 Å². The molecule has 1 amide bonds.